The lowest BCUT2D eigenvalue weighted by atomic mass is 10.1. The quantitative estimate of drug-likeness (QED) is 0.696. The highest BCUT2D eigenvalue weighted by molar-refractivity contribution is 7.89. The van der Waals surface area contributed by atoms with Crippen LogP contribution in [0.4, 0.5) is 0 Å². The first-order chi connectivity index (χ1) is 12.7. The number of halogens is 1. The van der Waals surface area contributed by atoms with E-state index in [-0.39, 0.29) is 10.8 Å². The predicted octanol–water partition coefficient (Wildman–Crippen LogP) is 3.95. The summed E-state index contributed by atoms with van der Waals surface area (Å²) in [5.74, 6) is -0.223. The van der Waals surface area contributed by atoms with Gasteiger partial charge in [0.05, 0.1) is 4.90 Å². The third kappa shape index (κ3) is 4.89. The number of nitrogens with zero attached hydrogens (tertiary/aromatic N) is 2. The Hall–Kier alpha value is -1.89. The summed E-state index contributed by atoms with van der Waals surface area (Å²) in [7, 11) is -1.92. The molecule has 0 N–H and O–H groups in total. The molecule has 0 spiro atoms. The number of amides is 1. The van der Waals surface area contributed by atoms with Crippen LogP contribution < -0.4 is 0 Å². The van der Waals surface area contributed by atoms with E-state index in [4.69, 9.17) is 11.6 Å². The number of carbonyl (C=O) groups is 1. The topological polar surface area (TPSA) is 57.7 Å². The largest absolute Gasteiger partial charge is 0.337 e. The third-order valence-corrected chi connectivity index (χ3v) is 6.76. The molecule has 0 aliphatic heterocycles. The van der Waals surface area contributed by atoms with Crippen molar-refractivity contribution in [3.8, 4) is 0 Å². The Balaban J connectivity index is 2.31. The average Bonchev–Trinajstić information content (AvgIpc) is 2.64. The summed E-state index contributed by atoms with van der Waals surface area (Å²) in [4.78, 5) is 14.6. The molecule has 2 aromatic carbocycles. The summed E-state index contributed by atoms with van der Waals surface area (Å²) in [6, 6.07) is 12.0. The molecule has 0 fully saturated rings. The van der Waals surface area contributed by atoms with Crippen molar-refractivity contribution in [3.05, 3.63) is 64.2 Å². The molecule has 2 aromatic rings. The van der Waals surface area contributed by atoms with Crippen LogP contribution in [0, 0.1) is 6.92 Å². The highest BCUT2D eigenvalue weighted by Gasteiger charge is 2.24. The minimum absolute atomic E-state index is 0.139. The van der Waals surface area contributed by atoms with Crippen molar-refractivity contribution < 1.29 is 13.2 Å². The molecule has 0 aliphatic rings. The molecule has 5 nitrogen and oxygen atoms in total. The van der Waals surface area contributed by atoms with Gasteiger partial charge in [0.1, 0.15) is 0 Å². The first-order valence-electron chi connectivity index (χ1n) is 8.81. The number of aryl methyl sites for hydroxylation is 1. The molecule has 0 heterocycles. The minimum atomic E-state index is -3.62. The smallest absolute Gasteiger partial charge is 0.254 e. The normalized spacial score (nSPS) is 11.6. The first kappa shape index (κ1) is 21.4. The van der Waals surface area contributed by atoms with E-state index in [9.17, 15) is 13.2 Å². The van der Waals surface area contributed by atoms with E-state index in [1.165, 1.54) is 10.4 Å². The van der Waals surface area contributed by atoms with Gasteiger partial charge in [0.15, 0.2) is 0 Å². The molecule has 146 valence electrons. The van der Waals surface area contributed by atoms with Crippen LogP contribution >= 0.6 is 11.6 Å². The van der Waals surface area contributed by atoms with Crippen molar-refractivity contribution in [3.63, 3.8) is 0 Å². The standard InChI is InChI=1S/C20H25ClN2O3S/c1-5-23(6-2)27(25,26)18-12-7-15(3)19(13-18)20(24)22(4)14-16-8-10-17(21)11-9-16/h7-13H,5-6,14H2,1-4H3. The van der Waals surface area contributed by atoms with Gasteiger partial charge >= 0.3 is 0 Å². The zero-order valence-corrected chi connectivity index (χ0v) is 17.6. The lowest BCUT2D eigenvalue weighted by Gasteiger charge is -2.21. The molecule has 0 saturated heterocycles. The van der Waals surface area contributed by atoms with Crippen LogP contribution in [0.15, 0.2) is 47.4 Å². The summed E-state index contributed by atoms with van der Waals surface area (Å²) in [6.07, 6.45) is 0. The molecule has 0 bridgehead atoms. The Morgan fingerprint density at radius 3 is 2.19 bits per heavy atom. The Labute approximate surface area is 166 Å². The van der Waals surface area contributed by atoms with Gasteiger partial charge < -0.3 is 4.90 Å². The number of sulfonamides is 1. The van der Waals surface area contributed by atoms with E-state index in [1.807, 2.05) is 12.1 Å². The van der Waals surface area contributed by atoms with Crippen molar-refractivity contribution in [1.29, 1.82) is 0 Å². The average molecular weight is 409 g/mol. The second-order valence-electron chi connectivity index (χ2n) is 6.35. The SMILES string of the molecule is CCN(CC)S(=O)(=O)c1ccc(C)c(C(=O)N(C)Cc2ccc(Cl)cc2)c1. The Morgan fingerprint density at radius 1 is 1.04 bits per heavy atom. The second-order valence-corrected chi connectivity index (χ2v) is 8.73. The van der Waals surface area contributed by atoms with E-state index in [2.05, 4.69) is 0 Å². The lowest BCUT2D eigenvalue weighted by molar-refractivity contribution is 0.0784. The van der Waals surface area contributed by atoms with E-state index in [0.29, 0.717) is 30.2 Å². The van der Waals surface area contributed by atoms with E-state index in [0.717, 1.165) is 11.1 Å². The third-order valence-electron chi connectivity index (χ3n) is 4.46. The van der Waals surface area contributed by atoms with Crippen molar-refractivity contribution in [1.82, 2.24) is 9.21 Å². The van der Waals surface area contributed by atoms with Crippen molar-refractivity contribution in [2.24, 2.45) is 0 Å². The van der Waals surface area contributed by atoms with E-state index < -0.39 is 10.0 Å². The molecule has 0 unspecified atom stereocenters. The summed E-state index contributed by atoms with van der Waals surface area (Å²) >= 11 is 5.90. The fourth-order valence-corrected chi connectivity index (χ4v) is 4.46. The molecule has 1 amide bonds. The molecule has 0 atom stereocenters. The maximum Gasteiger partial charge on any atom is 0.254 e. The van der Waals surface area contributed by atoms with Crippen LogP contribution in [-0.2, 0) is 16.6 Å². The Kier molecular flexibility index (Phi) is 7.03. The first-order valence-corrected chi connectivity index (χ1v) is 10.6. The number of hydrogen-bond donors (Lipinski definition) is 0. The van der Waals surface area contributed by atoms with Crippen LogP contribution in [0.25, 0.3) is 0 Å². The maximum absolute atomic E-state index is 12.9. The molecule has 27 heavy (non-hydrogen) atoms. The summed E-state index contributed by atoms with van der Waals surface area (Å²) in [5.41, 5.74) is 2.07. The van der Waals surface area contributed by atoms with Gasteiger partial charge in [-0.15, -0.1) is 0 Å². The zero-order valence-electron chi connectivity index (χ0n) is 16.1. The molecule has 0 aliphatic carbocycles. The van der Waals surface area contributed by atoms with Crippen LogP contribution in [0.3, 0.4) is 0 Å². The minimum Gasteiger partial charge on any atom is -0.337 e. The molecule has 0 saturated carbocycles. The van der Waals surface area contributed by atoms with Gasteiger partial charge in [0, 0.05) is 37.3 Å². The van der Waals surface area contributed by atoms with Crippen LogP contribution in [-0.4, -0.2) is 43.7 Å². The van der Waals surface area contributed by atoms with Crippen molar-refractivity contribution in [2.75, 3.05) is 20.1 Å². The Morgan fingerprint density at radius 2 is 1.63 bits per heavy atom. The Bertz CT molecular complexity index is 907. The molecule has 7 heteroatoms. The van der Waals surface area contributed by atoms with Crippen LogP contribution in [0.2, 0.25) is 5.02 Å². The highest BCUT2D eigenvalue weighted by atomic mass is 35.5. The van der Waals surface area contributed by atoms with Gasteiger partial charge in [-0.3, -0.25) is 4.79 Å². The van der Waals surface area contributed by atoms with Crippen molar-refractivity contribution in [2.45, 2.75) is 32.2 Å². The maximum atomic E-state index is 12.9. The van der Waals surface area contributed by atoms with Gasteiger partial charge in [-0.1, -0.05) is 43.6 Å². The summed E-state index contributed by atoms with van der Waals surface area (Å²) < 4.78 is 26.9. The molecule has 0 aromatic heterocycles. The molecular weight excluding hydrogens is 384 g/mol. The number of carbonyl (C=O) groups excluding carboxylic acids is 1. The number of hydrogen-bond acceptors (Lipinski definition) is 3. The molecule has 2 rings (SSSR count). The highest BCUT2D eigenvalue weighted by Crippen LogP contribution is 2.21. The van der Waals surface area contributed by atoms with E-state index >= 15 is 0 Å². The van der Waals surface area contributed by atoms with Gasteiger partial charge in [-0.25, -0.2) is 8.42 Å². The summed E-state index contributed by atoms with van der Waals surface area (Å²) in [6.45, 7) is 6.56. The van der Waals surface area contributed by atoms with Crippen molar-refractivity contribution >= 4 is 27.5 Å². The predicted molar refractivity (Wildman–Crippen MR) is 109 cm³/mol. The number of rotatable bonds is 7. The monoisotopic (exact) mass is 408 g/mol. The fourth-order valence-electron chi connectivity index (χ4n) is 2.85. The van der Waals surface area contributed by atoms with Gasteiger partial charge in [0.2, 0.25) is 10.0 Å². The number of benzene rings is 2. The van der Waals surface area contributed by atoms with Gasteiger partial charge in [-0.2, -0.15) is 4.31 Å². The van der Waals surface area contributed by atoms with Gasteiger partial charge in [-0.05, 0) is 42.3 Å². The molecule has 0 radical (unpaired) electrons. The lowest BCUT2D eigenvalue weighted by Crippen LogP contribution is -2.31. The van der Waals surface area contributed by atoms with E-state index in [1.54, 1.807) is 57.0 Å². The van der Waals surface area contributed by atoms with Gasteiger partial charge in [0.25, 0.3) is 5.91 Å². The fraction of sp³-hybridized carbons (Fsp3) is 0.350. The van der Waals surface area contributed by atoms with Crippen LogP contribution in [0.5, 0.6) is 0 Å². The molecular formula is C20H25ClN2O3S. The second kappa shape index (κ2) is 8.87. The summed E-state index contributed by atoms with van der Waals surface area (Å²) in [5, 5.41) is 0.637. The zero-order chi connectivity index (χ0) is 20.2. The van der Waals surface area contributed by atoms with Crippen LogP contribution in [0.1, 0.15) is 35.3 Å².